The standard InChI is InChI=1S/C12H20N4O.HI/c1-10-9-16(6-7-17-10)12(13)14-8-11-4-3-5-15(11)2;/h3-5,10H,6-9H2,1-2H3,(H2,13,14);1H. The predicted molar refractivity (Wildman–Crippen MR) is 83.1 cm³/mol. The lowest BCUT2D eigenvalue weighted by molar-refractivity contribution is 0.00528. The summed E-state index contributed by atoms with van der Waals surface area (Å²) in [5.74, 6) is 0.612. The number of morpholine rings is 1. The van der Waals surface area contributed by atoms with Gasteiger partial charge in [0.2, 0.25) is 0 Å². The van der Waals surface area contributed by atoms with Gasteiger partial charge in [-0.05, 0) is 19.1 Å². The first-order valence-corrected chi connectivity index (χ1v) is 5.93. The Hall–Kier alpha value is -0.760. The quantitative estimate of drug-likeness (QED) is 0.487. The molecule has 18 heavy (non-hydrogen) atoms. The minimum Gasteiger partial charge on any atom is -0.375 e. The van der Waals surface area contributed by atoms with E-state index in [4.69, 9.17) is 10.5 Å². The van der Waals surface area contributed by atoms with Crippen molar-refractivity contribution in [2.24, 2.45) is 17.8 Å². The fourth-order valence-corrected chi connectivity index (χ4v) is 1.95. The van der Waals surface area contributed by atoms with E-state index in [1.165, 1.54) is 0 Å². The number of halogens is 1. The summed E-state index contributed by atoms with van der Waals surface area (Å²) >= 11 is 0. The van der Waals surface area contributed by atoms with Crippen molar-refractivity contribution in [2.45, 2.75) is 19.6 Å². The molecule has 102 valence electrons. The molecule has 1 aromatic heterocycles. The lowest BCUT2D eigenvalue weighted by atomic mass is 10.3. The summed E-state index contributed by atoms with van der Waals surface area (Å²) in [6.45, 7) is 5.05. The van der Waals surface area contributed by atoms with Crippen molar-refractivity contribution >= 4 is 29.9 Å². The van der Waals surface area contributed by atoms with Gasteiger partial charge in [-0.1, -0.05) is 0 Å². The van der Waals surface area contributed by atoms with Crippen molar-refractivity contribution in [3.05, 3.63) is 24.0 Å². The van der Waals surface area contributed by atoms with Crippen LogP contribution in [0, 0.1) is 0 Å². The zero-order valence-corrected chi connectivity index (χ0v) is 13.2. The summed E-state index contributed by atoms with van der Waals surface area (Å²) in [6, 6.07) is 4.07. The summed E-state index contributed by atoms with van der Waals surface area (Å²) in [6.07, 6.45) is 2.24. The van der Waals surface area contributed by atoms with Crippen molar-refractivity contribution in [3.63, 3.8) is 0 Å². The van der Waals surface area contributed by atoms with Crippen LogP contribution in [0.3, 0.4) is 0 Å². The molecule has 2 N–H and O–H groups in total. The fraction of sp³-hybridized carbons (Fsp3) is 0.583. The molecule has 1 aromatic rings. The molecule has 1 fully saturated rings. The molecule has 0 saturated carbocycles. The van der Waals surface area contributed by atoms with Crippen LogP contribution in [-0.4, -0.2) is 41.2 Å². The molecule has 2 rings (SSSR count). The Morgan fingerprint density at radius 2 is 2.39 bits per heavy atom. The van der Waals surface area contributed by atoms with E-state index in [-0.39, 0.29) is 30.1 Å². The van der Waals surface area contributed by atoms with Crippen molar-refractivity contribution in [1.82, 2.24) is 9.47 Å². The van der Waals surface area contributed by atoms with Gasteiger partial charge in [-0.15, -0.1) is 24.0 Å². The van der Waals surface area contributed by atoms with Gasteiger partial charge in [-0.3, -0.25) is 0 Å². The molecule has 1 aliphatic rings. The van der Waals surface area contributed by atoms with Crippen LogP contribution in [0.1, 0.15) is 12.6 Å². The number of guanidine groups is 1. The molecule has 0 aromatic carbocycles. The second-order valence-electron chi connectivity index (χ2n) is 4.41. The Kier molecular flexibility index (Phi) is 5.94. The first-order valence-electron chi connectivity index (χ1n) is 5.93. The van der Waals surface area contributed by atoms with Gasteiger partial charge in [0.05, 0.1) is 19.3 Å². The summed E-state index contributed by atoms with van der Waals surface area (Å²) < 4.78 is 7.53. The molecular weight excluding hydrogens is 343 g/mol. The average molecular weight is 364 g/mol. The van der Waals surface area contributed by atoms with Gasteiger partial charge in [0.1, 0.15) is 0 Å². The number of nitrogens with zero attached hydrogens (tertiary/aromatic N) is 3. The number of hydrogen-bond donors (Lipinski definition) is 1. The van der Waals surface area contributed by atoms with Gasteiger partial charge in [-0.2, -0.15) is 0 Å². The van der Waals surface area contributed by atoms with Gasteiger partial charge in [0, 0.05) is 32.0 Å². The van der Waals surface area contributed by atoms with Gasteiger partial charge < -0.3 is 19.9 Å². The average Bonchev–Trinajstić information content (AvgIpc) is 2.72. The maximum Gasteiger partial charge on any atom is 0.191 e. The van der Waals surface area contributed by atoms with Crippen LogP contribution in [0.25, 0.3) is 0 Å². The monoisotopic (exact) mass is 364 g/mol. The third kappa shape index (κ3) is 3.88. The SMILES string of the molecule is CC1CN(C(N)=NCc2cccn2C)CCO1.I. The maximum atomic E-state index is 5.99. The Labute approximate surface area is 125 Å². The van der Waals surface area contributed by atoms with Crippen LogP contribution in [-0.2, 0) is 18.3 Å². The molecule has 0 aliphatic carbocycles. The lowest BCUT2D eigenvalue weighted by Gasteiger charge is -2.31. The number of nitrogens with two attached hydrogens (primary N) is 1. The van der Waals surface area contributed by atoms with Gasteiger partial charge in [0.25, 0.3) is 0 Å². The Balaban J connectivity index is 0.00000162. The van der Waals surface area contributed by atoms with Crippen LogP contribution in [0.4, 0.5) is 0 Å². The maximum absolute atomic E-state index is 5.99. The minimum atomic E-state index is 0. The largest absolute Gasteiger partial charge is 0.375 e. The summed E-state index contributed by atoms with van der Waals surface area (Å²) in [4.78, 5) is 6.51. The van der Waals surface area contributed by atoms with Gasteiger partial charge >= 0.3 is 0 Å². The fourth-order valence-electron chi connectivity index (χ4n) is 1.95. The summed E-state index contributed by atoms with van der Waals surface area (Å²) in [5, 5.41) is 0. The second kappa shape index (κ2) is 6.98. The number of hydrogen-bond acceptors (Lipinski definition) is 2. The zero-order valence-electron chi connectivity index (χ0n) is 10.9. The van der Waals surface area contributed by atoms with E-state index in [1.54, 1.807) is 0 Å². The molecule has 1 saturated heterocycles. The number of aliphatic imine (C=N–C) groups is 1. The van der Waals surface area contributed by atoms with Gasteiger partial charge in [0.15, 0.2) is 5.96 Å². The van der Waals surface area contributed by atoms with Crippen molar-refractivity contribution in [2.75, 3.05) is 19.7 Å². The minimum absolute atomic E-state index is 0. The molecule has 0 radical (unpaired) electrons. The molecule has 6 heteroatoms. The van der Waals surface area contributed by atoms with Gasteiger partial charge in [-0.25, -0.2) is 4.99 Å². The molecule has 0 amide bonds. The highest BCUT2D eigenvalue weighted by atomic mass is 127. The highest BCUT2D eigenvalue weighted by Crippen LogP contribution is 2.05. The number of rotatable bonds is 2. The topological polar surface area (TPSA) is 55.8 Å². The Morgan fingerprint density at radius 1 is 1.61 bits per heavy atom. The van der Waals surface area contributed by atoms with Crippen LogP contribution >= 0.6 is 24.0 Å². The van der Waals surface area contributed by atoms with Crippen LogP contribution in [0.15, 0.2) is 23.3 Å². The normalized spacial score (nSPS) is 20.7. The van der Waals surface area contributed by atoms with Crippen LogP contribution in [0.2, 0.25) is 0 Å². The second-order valence-corrected chi connectivity index (χ2v) is 4.41. The third-order valence-corrected chi connectivity index (χ3v) is 3.02. The van der Waals surface area contributed by atoms with E-state index in [1.807, 2.05) is 19.3 Å². The highest BCUT2D eigenvalue weighted by molar-refractivity contribution is 14.0. The van der Waals surface area contributed by atoms with Crippen molar-refractivity contribution < 1.29 is 4.74 Å². The lowest BCUT2D eigenvalue weighted by Crippen LogP contribution is -2.47. The molecule has 1 atom stereocenters. The molecule has 0 spiro atoms. The third-order valence-electron chi connectivity index (χ3n) is 3.02. The van der Waals surface area contributed by atoms with Crippen LogP contribution in [0.5, 0.6) is 0 Å². The molecule has 2 heterocycles. The summed E-state index contributed by atoms with van der Waals surface area (Å²) in [7, 11) is 2.01. The van der Waals surface area contributed by atoms with E-state index in [0.29, 0.717) is 12.5 Å². The van der Waals surface area contributed by atoms with E-state index in [9.17, 15) is 0 Å². The number of ether oxygens (including phenoxy) is 1. The van der Waals surface area contributed by atoms with Crippen molar-refractivity contribution in [1.29, 1.82) is 0 Å². The molecule has 1 unspecified atom stereocenters. The first kappa shape index (κ1) is 15.3. The number of aromatic nitrogens is 1. The molecule has 0 bridgehead atoms. The highest BCUT2D eigenvalue weighted by Gasteiger charge is 2.17. The van der Waals surface area contributed by atoms with E-state index in [2.05, 4.69) is 27.4 Å². The zero-order chi connectivity index (χ0) is 12.3. The molecule has 1 aliphatic heterocycles. The van der Waals surface area contributed by atoms with Crippen molar-refractivity contribution in [3.8, 4) is 0 Å². The van der Waals surface area contributed by atoms with E-state index >= 15 is 0 Å². The first-order chi connectivity index (χ1) is 8.16. The molecular formula is C12H21IN4O. The van der Waals surface area contributed by atoms with E-state index < -0.39 is 0 Å². The smallest absolute Gasteiger partial charge is 0.191 e. The molecule has 5 nitrogen and oxygen atoms in total. The van der Waals surface area contributed by atoms with E-state index in [0.717, 1.165) is 25.4 Å². The summed E-state index contributed by atoms with van der Waals surface area (Å²) in [5.41, 5.74) is 7.15. The Morgan fingerprint density at radius 3 is 3.00 bits per heavy atom. The Bertz CT molecular complexity index is 405. The predicted octanol–water partition coefficient (Wildman–Crippen LogP) is 1.18. The number of aryl methyl sites for hydroxylation is 1. The van der Waals surface area contributed by atoms with Crippen LogP contribution < -0.4 is 5.73 Å².